The number of carbonyl (C=O) groups is 3. The quantitative estimate of drug-likeness (QED) is 0.605. The highest BCUT2D eigenvalue weighted by molar-refractivity contribution is 6.31. The summed E-state index contributed by atoms with van der Waals surface area (Å²) in [6, 6.07) is 4.39. The van der Waals surface area contributed by atoms with E-state index in [-0.39, 0.29) is 19.3 Å². The van der Waals surface area contributed by atoms with Crippen molar-refractivity contribution in [3.63, 3.8) is 0 Å². The fraction of sp³-hybridized carbons (Fsp3) is 0.267. The second-order valence-corrected chi connectivity index (χ2v) is 5.56. The lowest BCUT2D eigenvalue weighted by molar-refractivity contribution is -0.139. The molecule has 0 unspecified atom stereocenters. The van der Waals surface area contributed by atoms with Gasteiger partial charge in [0.2, 0.25) is 11.8 Å². The van der Waals surface area contributed by atoms with E-state index in [2.05, 4.69) is 10.3 Å². The standard InChI is InChI=1S/C15H16ClN3O4/c16-9-1-2-11-10(6-9)8(7-18-11)5-12(15(17)23)19-13(20)3-4-14(21)22/h1-2,6-7,12,18H,3-5H2,(H2,17,23)(H,19,20)(H,21,22)/t12-/m0/s1. The molecule has 2 rings (SSSR count). The first-order chi connectivity index (χ1) is 10.9. The van der Waals surface area contributed by atoms with Crippen LogP contribution >= 0.6 is 11.6 Å². The number of aromatic amines is 1. The molecule has 0 bridgehead atoms. The van der Waals surface area contributed by atoms with E-state index in [0.29, 0.717) is 5.02 Å². The summed E-state index contributed by atoms with van der Waals surface area (Å²) in [5, 5.41) is 12.4. The number of primary amides is 1. The zero-order chi connectivity index (χ0) is 17.0. The van der Waals surface area contributed by atoms with Gasteiger partial charge in [-0.25, -0.2) is 0 Å². The maximum absolute atomic E-state index is 11.7. The lowest BCUT2D eigenvalue weighted by Crippen LogP contribution is -2.45. The number of carbonyl (C=O) groups excluding carboxylic acids is 2. The molecule has 7 nitrogen and oxygen atoms in total. The molecule has 122 valence electrons. The fourth-order valence-electron chi connectivity index (χ4n) is 2.25. The highest BCUT2D eigenvalue weighted by Gasteiger charge is 2.20. The minimum absolute atomic E-state index is 0.189. The molecule has 0 saturated carbocycles. The third-order valence-electron chi connectivity index (χ3n) is 3.40. The van der Waals surface area contributed by atoms with E-state index in [1.165, 1.54) is 0 Å². The van der Waals surface area contributed by atoms with Gasteiger partial charge in [0.25, 0.3) is 0 Å². The number of nitrogens with one attached hydrogen (secondary N) is 2. The molecular weight excluding hydrogens is 322 g/mol. The van der Waals surface area contributed by atoms with Crippen LogP contribution in [0.2, 0.25) is 5.02 Å². The molecule has 5 N–H and O–H groups in total. The Morgan fingerprint density at radius 3 is 2.70 bits per heavy atom. The summed E-state index contributed by atoms with van der Waals surface area (Å²) < 4.78 is 0. The summed E-state index contributed by atoms with van der Waals surface area (Å²) in [4.78, 5) is 36.8. The fourth-order valence-corrected chi connectivity index (χ4v) is 2.42. The number of fused-ring (bicyclic) bond motifs is 1. The number of halogens is 1. The second-order valence-electron chi connectivity index (χ2n) is 5.12. The van der Waals surface area contributed by atoms with Crippen molar-refractivity contribution in [2.24, 2.45) is 5.73 Å². The summed E-state index contributed by atoms with van der Waals surface area (Å²) in [5.74, 6) is -2.30. The molecule has 2 amide bonds. The molecule has 8 heteroatoms. The van der Waals surface area contributed by atoms with Crippen molar-refractivity contribution >= 4 is 40.3 Å². The summed E-state index contributed by atoms with van der Waals surface area (Å²) in [5.41, 5.74) is 6.96. The topological polar surface area (TPSA) is 125 Å². The maximum Gasteiger partial charge on any atom is 0.303 e. The molecule has 2 aromatic rings. The van der Waals surface area contributed by atoms with Crippen LogP contribution in [0.4, 0.5) is 0 Å². The molecule has 0 spiro atoms. The summed E-state index contributed by atoms with van der Waals surface area (Å²) >= 11 is 5.97. The number of H-pyrrole nitrogens is 1. The number of carboxylic acids is 1. The zero-order valence-corrected chi connectivity index (χ0v) is 12.9. The van der Waals surface area contributed by atoms with Gasteiger partial charge in [-0.15, -0.1) is 0 Å². The number of aliphatic carboxylic acids is 1. The SMILES string of the molecule is NC(=O)[C@H](Cc1c[nH]c2ccc(Cl)cc12)NC(=O)CCC(=O)O. The molecule has 0 fully saturated rings. The van der Waals surface area contributed by atoms with Crippen molar-refractivity contribution in [3.05, 3.63) is 35.0 Å². The highest BCUT2D eigenvalue weighted by Crippen LogP contribution is 2.23. The van der Waals surface area contributed by atoms with Crippen LogP contribution in [0.5, 0.6) is 0 Å². The predicted molar refractivity (Wildman–Crippen MR) is 85.0 cm³/mol. The number of amides is 2. The van der Waals surface area contributed by atoms with Crippen molar-refractivity contribution in [1.29, 1.82) is 0 Å². The number of rotatable bonds is 7. The first kappa shape index (κ1) is 16.8. The first-order valence-corrected chi connectivity index (χ1v) is 7.30. The van der Waals surface area contributed by atoms with Gasteiger partial charge in [-0.2, -0.15) is 0 Å². The number of carboxylic acid groups (broad SMARTS) is 1. The first-order valence-electron chi connectivity index (χ1n) is 6.93. The average Bonchev–Trinajstić information content (AvgIpc) is 2.86. The average molecular weight is 338 g/mol. The second kappa shape index (κ2) is 7.15. The monoisotopic (exact) mass is 337 g/mol. The van der Waals surface area contributed by atoms with E-state index >= 15 is 0 Å². The molecule has 1 heterocycles. The number of hydrogen-bond donors (Lipinski definition) is 4. The lowest BCUT2D eigenvalue weighted by Gasteiger charge is -2.15. The molecule has 1 aromatic heterocycles. The van der Waals surface area contributed by atoms with Gasteiger partial charge in [0.1, 0.15) is 6.04 Å². The van der Waals surface area contributed by atoms with Gasteiger partial charge in [-0.05, 0) is 23.8 Å². The molecule has 0 radical (unpaired) electrons. The molecule has 1 atom stereocenters. The van der Waals surface area contributed by atoms with Crippen LogP contribution in [-0.4, -0.2) is 33.9 Å². The van der Waals surface area contributed by atoms with Crippen LogP contribution in [0.1, 0.15) is 18.4 Å². The smallest absolute Gasteiger partial charge is 0.303 e. The number of benzene rings is 1. The van der Waals surface area contributed by atoms with Gasteiger partial charge >= 0.3 is 5.97 Å². The molecule has 1 aromatic carbocycles. The maximum atomic E-state index is 11.7. The van der Waals surface area contributed by atoms with Gasteiger partial charge in [0.15, 0.2) is 0 Å². The minimum atomic E-state index is -1.08. The van der Waals surface area contributed by atoms with Crippen molar-refractivity contribution in [2.75, 3.05) is 0 Å². The van der Waals surface area contributed by atoms with E-state index in [4.69, 9.17) is 22.4 Å². The van der Waals surface area contributed by atoms with Crippen LogP contribution in [0.25, 0.3) is 10.9 Å². The van der Waals surface area contributed by atoms with Crippen LogP contribution in [0.15, 0.2) is 24.4 Å². The molecular formula is C15H16ClN3O4. The van der Waals surface area contributed by atoms with E-state index in [1.54, 1.807) is 18.3 Å². The number of nitrogens with two attached hydrogens (primary N) is 1. The van der Waals surface area contributed by atoms with Crippen molar-refractivity contribution in [2.45, 2.75) is 25.3 Å². The van der Waals surface area contributed by atoms with Crippen molar-refractivity contribution in [3.8, 4) is 0 Å². The van der Waals surface area contributed by atoms with Gasteiger partial charge < -0.3 is 21.1 Å². The van der Waals surface area contributed by atoms with Crippen LogP contribution in [-0.2, 0) is 20.8 Å². The largest absolute Gasteiger partial charge is 0.481 e. The van der Waals surface area contributed by atoms with Crippen LogP contribution in [0, 0.1) is 0 Å². The summed E-state index contributed by atoms with van der Waals surface area (Å²) in [6.07, 6.45) is 1.40. The summed E-state index contributed by atoms with van der Waals surface area (Å²) in [7, 11) is 0. The van der Waals surface area contributed by atoms with E-state index < -0.39 is 23.8 Å². The number of aromatic nitrogens is 1. The molecule has 0 saturated heterocycles. The Labute approximate surface area is 136 Å². The third kappa shape index (κ3) is 4.46. The summed E-state index contributed by atoms with van der Waals surface area (Å²) in [6.45, 7) is 0. The van der Waals surface area contributed by atoms with Crippen LogP contribution < -0.4 is 11.1 Å². The van der Waals surface area contributed by atoms with Gasteiger partial charge in [0, 0.05) is 35.0 Å². The van der Waals surface area contributed by atoms with Crippen molar-refractivity contribution < 1.29 is 19.5 Å². The Morgan fingerprint density at radius 1 is 1.30 bits per heavy atom. The normalized spacial score (nSPS) is 12.0. The lowest BCUT2D eigenvalue weighted by atomic mass is 10.0. The van der Waals surface area contributed by atoms with Gasteiger partial charge in [-0.3, -0.25) is 14.4 Å². The Morgan fingerprint density at radius 2 is 2.04 bits per heavy atom. The molecule has 0 aliphatic heterocycles. The number of hydrogen-bond acceptors (Lipinski definition) is 3. The Bertz CT molecular complexity index is 756. The van der Waals surface area contributed by atoms with E-state index in [1.807, 2.05) is 6.07 Å². The Kier molecular flexibility index (Phi) is 5.23. The molecule has 23 heavy (non-hydrogen) atoms. The highest BCUT2D eigenvalue weighted by atomic mass is 35.5. The third-order valence-corrected chi connectivity index (χ3v) is 3.63. The van der Waals surface area contributed by atoms with E-state index in [9.17, 15) is 14.4 Å². The van der Waals surface area contributed by atoms with Crippen molar-refractivity contribution in [1.82, 2.24) is 10.3 Å². The van der Waals surface area contributed by atoms with Gasteiger partial charge in [-0.1, -0.05) is 11.6 Å². The Balaban J connectivity index is 2.12. The Hall–Kier alpha value is -2.54. The molecule has 0 aliphatic rings. The predicted octanol–water partition coefficient (Wildman–Crippen LogP) is 1.20. The van der Waals surface area contributed by atoms with Crippen LogP contribution in [0.3, 0.4) is 0 Å². The zero-order valence-electron chi connectivity index (χ0n) is 12.1. The minimum Gasteiger partial charge on any atom is -0.481 e. The molecule has 0 aliphatic carbocycles. The van der Waals surface area contributed by atoms with E-state index in [0.717, 1.165) is 16.5 Å². The van der Waals surface area contributed by atoms with Gasteiger partial charge in [0.05, 0.1) is 6.42 Å².